The summed E-state index contributed by atoms with van der Waals surface area (Å²) in [7, 11) is -2.15. The minimum atomic E-state index is -3.67. The molecule has 0 saturated heterocycles. The molecule has 0 saturated carbocycles. The molecule has 0 atom stereocenters. The van der Waals surface area contributed by atoms with E-state index in [0.29, 0.717) is 11.3 Å². The average molecular weight is 434 g/mol. The van der Waals surface area contributed by atoms with Gasteiger partial charge in [0.05, 0.1) is 16.8 Å². The van der Waals surface area contributed by atoms with Crippen molar-refractivity contribution in [2.45, 2.75) is 18.0 Å². The molecule has 2 aromatic heterocycles. The average Bonchev–Trinajstić information content (AvgIpc) is 3.38. The second kappa shape index (κ2) is 8.99. The quantitative estimate of drug-likeness (QED) is 0.496. The molecule has 2 heterocycles. The van der Waals surface area contributed by atoms with Crippen molar-refractivity contribution in [1.82, 2.24) is 19.8 Å². The number of carbonyl (C=O) groups is 2. The number of thiophene rings is 1. The Morgan fingerprint density at radius 1 is 1.17 bits per heavy atom. The molecule has 0 aliphatic carbocycles. The van der Waals surface area contributed by atoms with E-state index in [2.05, 4.69) is 20.5 Å². The summed E-state index contributed by atoms with van der Waals surface area (Å²) < 4.78 is 28.6. The Balaban J connectivity index is 1.62. The molecule has 0 aliphatic heterocycles. The number of sulfonamides is 1. The van der Waals surface area contributed by atoms with Crippen LogP contribution in [0.3, 0.4) is 0 Å². The highest BCUT2D eigenvalue weighted by molar-refractivity contribution is 7.89. The summed E-state index contributed by atoms with van der Waals surface area (Å²) in [5, 5.41) is 11.0. The van der Waals surface area contributed by atoms with Crippen LogP contribution in [0.4, 0.5) is 5.69 Å². The van der Waals surface area contributed by atoms with Crippen LogP contribution in [0.2, 0.25) is 0 Å². The van der Waals surface area contributed by atoms with Crippen LogP contribution in [0.15, 0.2) is 59.1 Å². The minimum Gasteiger partial charge on any atom is -0.358 e. The first-order valence-corrected chi connectivity index (χ1v) is 10.9. The van der Waals surface area contributed by atoms with Crippen LogP contribution in [0.25, 0.3) is 0 Å². The Kier molecular flexibility index (Phi) is 6.42. The van der Waals surface area contributed by atoms with E-state index >= 15 is 0 Å². The number of nitrogens with zero attached hydrogens (tertiary/aromatic N) is 2. The SMILES string of the molecule is CNC(=O)Cn1cc(NC(=O)c2ccc(S(=O)(=O)NCc3cccs3)cc2)cn1. The third-order valence-electron chi connectivity index (χ3n) is 3.92. The van der Waals surface area contributed by atoms with E-state index in [1.807, 2.05) is 17.5 Å². The van der Waals surface area contributed by atoms with Crippen molar-refractivity contribution in [2.75, 3.05) is 12.4 Å². The summed E-state index contributed by atoms with van der Waals surface area (Å²) in [6.07, 6.45) is 2.95. The number of aromatic nitrogens is 2. The fourth-order valence-corrected chi connectivity index (χ4v) is 4.13. The second-order valence-corrected chi connectivity index (χ2v) is 8.78. The lowest BCUT2D eigenvalue weighted by molar-refractivity contribution is -0.121. The van der Waals surface area contributed by atoms with Gasteiger partial charge in [-0.1, -0.05) is 6.07 Å². The molecule has 2 amide bonds. The third kappa shape index (κ3) is 5.50. The van der Waals surface area contributed by atoms with Crippen LogP contribution in [0.5, 0.6) is 0 Å². The van der Waals surface area contributed by atoms with Crippen LogP contribution in [0, 0.1) is 0 Å². The molecule has 0 radical (unpaired) electrons. The van der Waals surface area contributed by atoms with Crippen molar-refractivity contribution in [3.8, 4) is 0 Å². The molecule has 11 heteroatoms. The largest absolute Gasteiger partial charge is 0.358 e. The lowest BCUT2D eigenvalue weighted by atomic mass is 10.2. The summed E-state index contributed by atoms with van der Waals surface area (Å²) in [5.74, 6) is -0.629. The van der Waals surface area contributed by atoms with E-state index in [-0.39, 0.29) is 23.9 Å². The molecule has 0 aliphatic rings. The molecule has 3 aromatic rings. The van der Waals surface area contributed by atoms with Crippen molar-refractivity contribution in [2.24, 2.45) is 0 Å². The van der Waals surface area contributed by atoms with Gasteiger partial charge in [0.1, 0.15) is 6.54 Å². The predicted molar refractivity (Wildman–Crippen MR) is 109 cm³/mol. The van der Waals surface area contributed by atoms with E-state index < -0.39 is 15.9 Å². The van der Waals surface area contributed by atoms with Gasteiger partial charge in [0.25, 0.3) is 5.91 Å². The van der Waals surface area contributed by atoms with Gasteiger partial charge in [0.2, 0.25) is 15.9 Å². The van der Waals surface area contributed by atoms with Gasteiger partial charge in [-0.2, -0.15) is 5.10 Å². The van der Waals surface area contributed by atoms with Crippen molar-refractivity contribution in [3.63, 3.8) is 0 Å². The zero-order valence-corrected chi connectivity index (χ0v) is 17.1. The van der Waals surface area contributed by atoms with Crippen LogP contribution in [-0.4, -0.2) is 37.1 Å². The van der Waals surface area contributed by atoms with E-state index in [0.717, 1.165) is 4.88 Å². The zero-order chi connectivity index (χ0) is 20.9. The highest BCUT2D eigenvalue weighted by Crippen LogP contribution is 2.14. The number of carbonyl (C=O) groups excluding carboxylic acids is 2. The summed E-state index contributed by atoms with van der Waals surface area (Å²) >= 11 is 1.46. The summed E-state index contributed by atoms with van der Waals surface area (Å²) in [6, 6.07) is 9.32. The molecular formula is C18H19N5O4S2. The van der Waals surface area contributed by atoms with Crippen LogP contribution in [0.1, 0.15) is 15.2 Å². The zero-order valence-electron chi connectivity index (χ0n) is 15.5. The van der Waals surface area contributed by atoms with Gasteiger partial charge >= 0.3 is 0 Å². The molecule has 29 heavy (non-hydrogen) atoms. The second-order valence-electron chi connectivity index (χ2n) is 5.98. The summed E-state index contributed by atoms with van der Waals surface area (Å²) in [6.45, 7) is 0.250. The number of anilines is 1. The number of rotatable bonds is 8. The normalized spacial score (nSPS) is 11.2. The number of hydrogen-bond acceptors (Lipinski definition) is 6. The van der Waals surface area contributed by atoms with Gasteiger partial charge in [-0.3, -0.25) is 14.3 Å². The molecule has 1 aromatic carbocycles. The Morgan fingerprint density at radius 2 is 1.93 bits per heavy atom. The standard InChI is InChI=1S/C18H19N5O4S2/c1-19-17(24)12-23-11-14(9-20-23)22-18(25)13-4-6-16(7-5-13)29(26,27)21-10-15-3-2-8-28-15/h2-9,11,21H,10,12H2,1H3,(H,19,24)(H,22,25). The van der Waals surface area contributed by atoms with E-state index in [9.17, 15) is 18.0 Å². The first kappa shape index (κ1) is 20.7. The molecule has 9 nitrogen and oxygen atoms in total. The van der Waals surface area contributed by atoms with E-state index in [1.165, 1.54) is 59.7 Å². The highest BCUT2D eigenvalue weighted by atomic mass is 32.2. The van der Waals surface area contributed by atoms with Crippen molar-refractivity contribution in [1.29, 1.82) is 0 Å². The Morgan fingerprint density at radius 3 is 2.59 bits per heavy atom. The maximum absolute atomic E-state index is 12.4. The predicted octanol–water partition coefficient (Wildman–Crippen LogP) is 1.42. The van der Waals surface area contributed by atoms with Crippen molar-refractivity contribution >= 4 is 38.9 Å². The fourth-order valence-electron chi connectivity index (χ4n) is 2.39. The molecule has 0 unspecified atom stereocenters. The molecule has 0 fully saturated rings. The maximum Gasteiger partial charge on any atom is 0.255 e. The van der Waals surface area contributed by atoms with Crippen LogP contribution in [-0.2, 0) is 27.9 Å². The first-order valence-electron chi connectivity index (χ1n) is 8.54. The monoisotopic (exact) mass is 433 g/mol. The van der Waals surface area contributed by atoms with Gasteiger partial charge in [-0.25, -0.2) is 13.1 Å². The third-order valence-corrected chi connectivity index (χ3v) is 6.21. The lowest BCUT2D eigenvalue weighted by Crippen LogP contribution is -2.23. The molecular weight excluding hydrogens is 414 g/mol. The lowest BCUT2D eigenvalue weighted by Gasteiger charge is -2.07. The van der Waals surface area contributed by atoms with Crippen molar-refractivity contribution < 1.29 is 18.0 Å². The van der Waals surface area contributed by atoms with Crippen molar-refractivity contribution in [3.05, 3.63) is 64.6 Å². The van der Waals surface area contributed by atoms with Gasteiger partial charge in [-0.05, 0) is 35.7 Å². The summed E-state index contributed by atoms with van der Waals surface area (Å²) in [5.41, 5.74) is 0.717. The molecule has 152 valence electrons. The molecule has 3 rings (SSSR count). The highest BCUT2D eigenvalue weighted by Gasteiger charge is 2.15. The topological polar surface area (TPSA) is 122 Å². The van der Waals surface area contributed by atoms with Gasteiger partial charge in [0.15, 0.2) is 0 Å². The van der Waals surface area contributed by atoms with Crippen LogP contribution >= 0.6 is 11.3 Å². The molecule has 0 spiro atoms. The van der Waals surface area contributed by atoms with Gasteiger partial charge in [0, 0.05) is 30.2 Å². The fraction of sp³-hybridized carbons (Fsp3) is 0.167. The maximum atomic E-state index is 12.4. The Hall–Kier alpha value is -3.02. The number of likely N-dealkylation sites (N-methyl/N-ethyl adjacent to an activating group) is 1. The number of nitrogens with one attached hydrogen (secondary N) is 3. The Labute approximate surface area is 171 Å². The molecule has 0 bridgehead atoms. The first-order chi connectivity index (χ1) is 13.9. The van der Waals surface area contributed by atoms with E-state index in [1.54, 1.807) is 0 Å². The number of amides is 2. The minimum absolute atomic E-state index is 0.0391. The van der Waals surface area contributed by atoms with E-state index in [4.69, 9.17) is 0 Å². The number of benzene rings is 1. The summed E-state index contributed by atoms with van der Waals surface area (Å²) in [4.78, 5) is 24.7. The smallest absolute Gasteiger partial charge is 0.255 e. The number of hydrogen-bond donors (Lipinski definition) is 3. The van der Waals surface area contributed by atoms with Gasteiger partial charge < -0.3 is 10.6 Å². The van der Waals surface area contributed by atoms with Gasteiger partial charge in [-0.15, -0.1) is 11.3 Å². The molecule has 3 N–H and O–H groups in total. The van der Waals surface area contributed by atoms with Crippen LogP contribution < -0.4 is 15.4 Å². The Bertz CT molecular complexity index is 1090.